The molecule has 1 nitrogen and oxygen atoms in total. The molecule has 0 aliphatic heterocycles. The molecule has 0 heterocycles. The van der Waals surface area contributed by atoms with Crippen LogP contribution in [0.5, 0.6) is 0 Å². The molecule has 4 aliphatic rings. The molecule has 4 rings (SSSR count). The molecule has 8 radical (unpaired) electrons. The van der Waals surface area contributed by atoms with Gasteiger partial charge in [-0.2, -0.15) is 13.2 Å². The lowest BCUT2D eigenvalue weighted by Crippen LogP contribution is -2.59. The highest BCUT2D eigenvalue weighted by Crippen LogP contribution is 2.71. The molecule has 9 atom stereocenters. The predicted octanol–water partition coefficient (Wildman–Crippen LogP) is 5.80. The van der Waals surface area contributed by atoms with Crippen LogP contribution in [0.4, 0.5) is 17.6 Å². The van der Waals surface area contributed by atoms with Crippen LogP contribution in [0.15, 0.2) is 0 Å². The van der Waals surface area contributed by atoms with E-state index in [1.807, 2.05) is 0 Å². The van der Waals surface area contributed by atoms with E-state index in [0.717, 1.165) is 39.2 Å². The van der Waals surface area contributed by atoms with Crippen LogP contribution in [0.2, 0.25) is 10.4 Å². The third-order valence-electron chi connectivity index (χ3n) is 10.3. The van der Waals surface area contributed by atoms with Crippen molar-refractivity contribution in [1.82, 2.24) is 0 Å². The normalized spacial score (nSPS) is 43.1. The first kappa shape index (κ1) is 30.2. The first-order valence-corrected chi connectivity index (χ1v) is 12.5. The van der Waals surface area contributed by atoms with E-state index in [9.17, 15) is 17.6 Å². The summed E-state index contributed by atoms with van der Waals surface area (Å²) >= 11 is 0. The highest BCUT2D eigenvalue weighted by atomic mass is 19.4. The zero-order valence-corrected chi connectivity index (χ0v) is 20.3. The lowest BCUT2D eigenvalue weighted by molar-refractivity contribution is -0.205. The number of halogens is 4. The predicted molar refractivity (Wildman–Crippen MR) is 134 cm³/mol. The summed E-state index contributed by atoms with van der Waals surface area (Å²) in [6, 6.07) is 0. The smallest absolute Gasteiger partial charge is 0.390 e. The van der Waals surface area contributed by atoms with E-state index in [1.165, 1.54) is 0 Å². The van der Waals surface area contributed by atoms with E-state index in [1.54, 1.807) is 0 Å². The average Bonchev–Trinajstić information content (AvgIpc) is 3.04. The Bertz CT molecular complexity index is 688. The number of aliphatic hydroxyl groups excluding tert-OH is 1. The number of aliphatic hydroxyl groups is 1. The minimum Gasteiger partial charge on any atom is -0.400 e. The van der Waals surface area contributed by atoms with Crippen LogP contribution in [0.3, 0.4) is 0 Å². The second-order valence-corrected chi connectivity index (χ2v) is 11.8. The van der Waals surface area contributed by atoms with E-state index in [2.05, 4.69) is 13.8 Å². The lowest BCUT2D eigenvalue weighted by Gasteiger charge is -2.65. The van der Waals surface area contributed by atoms with Crippen molar-refractivity contribution in [3.8, 4) is 0 Å². The Hall–Kier alpha value is -0.0603. The van der Waals surface area contributed by atoms with E-state index in [0.29, 0.717) is 36.5 Å². The summed E-state index contributed by atoms with van der Waals surface area (Å²) in [6.45, 7) is 4.27. The maximum Gasteiger partial charge on any atom is 0.390 e. The van der Waals surface area contributed by atoms with Crippen LogP contribution < -0.4 is 0 Å². The van der Waals surface area contributed by atoms with Gasteiger partial charge >= 0.3 is 6.18 Å². The molecule has 4 fully saturated rings. The van der Waals surface area contributed by atoms with Crippen LogP contribution in [-0.4, -0.2) is 56.5 Å². The van der Waals surface area contributed by atoms with Gasteiger partial charge in [0, 0.05) is 13.0 Å². The Morgan fingerprint density at radius 1 is 0.912 bits per heavy atom. The topological polar surface area (TPSA) is 20.2 Å². The molecule has 0 bridgehead atoms. The van der Waals surface area contributed by atoms with Crippen molar-refractivity contribution in [2.45, 2.75) is 89.2 Å². The minimum absolute atomic E-state index is 0. The zero-order chi connectivity index (χ0) is 25.0. The first-order chi connectivity index (χ1) is 15.2. The van der Waals surface area contributed by atoms with Crippen molar-refractivity contribution in [1.29, 1.82) is 0 Å². The summed E-state index contributed by atoms with van der Waals surface area (Å²) in [5.74, 6) is -0.514. The Balaban J connectivity index is 0.00000133. The summed E-state index contributed by atoms with van der Waals surface area (Å²) in [7, 11) is 25.7. The van der Waals surface area contributed by atoms with E-state index in [4.69, 9.17) is 36.5 Å². The molecule has 0 aromatic heterocycles. The van der Waals surface area contributed by atoms with E-state index in [-0.39, 0.29) is 37.8 Å². The van der Waals surface area contributed by atoms with Crippen molar-refractivity contribution in [2.24, 2.45) is 52.8 Å². The molecule has 1 N–H and O–H groups in total. The van der Waals surface area contributed by atoms with Crippen molar-refractivity contribution in [2.75, 3.05) is 13.8 Å². The molecular weight excluding hydrogens is 436 g/mol. The third kappa shape index (κ3) is 4.78. The largest absolute Gasteiger partial charge is 0.400 e. The number of hydrogen-bond acceptors (Lipinski definition) is 1. The maximum absolute atomic E-state index is 13.9. The molecule has 0 saturated heterocycles. The SMILES string of the molecule is C.CO.[B]C1([B])C[C@@H]2C3CC[C@]4(C)C(C(C)CCF)CCC4[C@@H]3CC[C@@H]2C([B])([B])[C@H]1C(F)(F)F. The molecule has 186 valence electrons. The van der Waals surface area contributed by atoms with E-state index < -0.39 is 28.4 Å². The molecule has 0 amide bonds. The fraction of sp³-hybridized carbons (Fsp3) is 1.00. The van der Waals surface area contributed by atoms with Crippen molar-refractivity contribution in [3.05, 3.63) is 0 Å². The third-order valence-corrected chi connectivity index (χ3v) is 10.3. The average molecular weight is 476 g/mol. The molecule has 34 heavy (non-hydrogen) atoms. The van der Waals surface area contributed by atoms with Gasteiger partial charge in [0.2, 0.25) is 0 Å². The van der Waals surface area contributed by atoms with E-state index >= 15 is 0 Å². The number of fused-ring (bicyclic) bond motifs is 5. The first-order valence-electron chi connectivity index (χ1n) is 12.5. The van der Waals surface area contributed by atoms with Crippen molar-refractivity contribution >= 4 is 31.4 Å². The van der Waals surface area contributed by atoms with Gasteiger partial charge in [-0.1, -0.05) is 44.5 Å². The van der Waals surface area contributed by atoms with Crippen molar-refractivity contribution in [3.63, 3.8) is 0 Å². The molecule has 4 aliphatic carbocycles. The summed E-state index contributed by atoms with van der Waals surface area (Å²) in [5, 5.41) is 3.09. The monoisotopic (exact) mass is 476 g/mol. The second-order valence-electron chi connectivity index (χ2n) is 11.8. The van der Waals surface area contributed by atoms with Gasteiger partial charge in [0.1, 0.15) is 0 Å². The number of hydrogen-bond donors (Lipinski definition) is 1. The van der Waals surface area contributed by atoms with Crippen LogP contribution in [0, 0.1) is 52.8 Å². The summed E-state index contributed by atoms with van der Waals surface area (Å²) in [4.78, 5) is 0. The van der Waals surface area contributed by atoms with Gasteiger partial charge in [-0.15, -0.1) is 0 Å². The maximum atomic E-state index is 13.9. The summed E-state index contributed by atoms with van der Waals surface area (Å²) < 4.78 is 54.7. The Labute approximate surface area is 210 Å². The van der Waals surface area contributed by atoms with Crippen LogP contribution in [0.25, 0.3) is 0 Å². The highest BCUT2D eigenvalue weighted by molar-refractivity contribution is 6.45. The molecule has 4 unspecified atom stereocenters. The van der Waals surface area contributed by atoms with Gasteiger partial charge in [0.05, 0.1) is 38.1 Å². The van der Waals surface area contributed by atoms with Gasteiger partial charge in [0.15, 0.2) is 0 Å². The van der Waals surface area contributed by atoms with Gasteiger partial charge in [-0.3, -0.25) is 4.39 Å². The van der Waals surface area contributed by atoms with Gasteiger partial charge in [-0.05, 0) is 85.4 Å². The van der Waals surface area contributed by atoms with Crippen LogP contribution >= 0.6 is 0 Å². The Morgan fingerprint density at radius 3 is 2.06 bits per heavy atom. The Morgan fingerprint density at radius 2 is 1.50 bits per heavy atom. The summed E-state index contributed by atoms with van der Waals surface area (Å²) in [6.07, 6.45) is 1.75. The van der Waals surface area contributed by atoms with Crippen LogP contribution in [-0.2, 0) is 0 Å². The fourth-order valence-corrected chi connectivity index (χ4v) is 9.20. The van der Waals surface area contributed by atoms with Gasteiger partial charge in [-0.25, -0.2) is 0 Å². The number of alkyl halides is 4. The highest BCUT2D eigenvalue weighted by Gasteiger charge is 2.65. The minimum atomic E-state index is -4.63. The number of rotatable bonds is 3. The van der Waals surface area contributed by atoms with Crippen LogP contribution in [0.1, 0.15) is 72.6 Å². The Kier molecular flexibility index (Phi) is 9.20. The summed E-state index contributed by atoms with van der Waals surface area (Å²) in [5.41, 5.74) is 0.177. The van der Waals surface area contributed by atoms with Crippen molar-refractivity contribution < 1.29 is 22.7 Å². The zero-order valence-electron chi connectivity index (χ0n) is 20.3. The molecule has 0 aromatic rings. The molecule has 4 saturated carbocycles. The fourth-order valence-electron chi connectivity index (χ4n) is 9.20. The molecule has 0 aromatic carbocycles. The molecular formula is C25H40B4F4O. The lowest BCUT2D eigenvalue weighted by atomic mass is 9.25. The van der Waals surface area contributed by atoms with Gasteiger partial charge in [0.25, 0.3) is 0 Å². The quantitative estimate of drug-likeness (QED) is 0.404. The molecule has 9 heteroatoms. The standard InChI is InChI=1S/C23H32B4F4.CH4O.CH4/c1-12(8-10-28)16-5-6-17-14-3-4-18-15(13(14)7-9-20(16,17)2)11-21(24,25)19(22(18,26)27)23(29,30)31;1-2;/h12-19H,3-11H2,1-2H3;2H,1H3;1H4/t12?,13?,14-,15-,16?,17?,18+,19+,20-;;/m1../s1. The second kappa shape index (κ2) is 10.4. The van der Waals surface area contributed by atoms with Gasteiger partial charge < -0.3 is 5.11 Å². The molecule has 0 spiro atoms.